The van der Waals surface area contributed by atoms with Crippen molar-refractivity contribution in [3.05, 3.63) is 54.1 Å². The summed E-state index contributed by atoms with van der Waals surface area (Å²) >= 11 is 5.77. The van der Waals surface area contributed by atoms with E-state index < -0.39 is 0 Å². The molecule has 2 fully saturated rings. The van der Waals surface area contributed by atoms with Gasteiger partial charge in [-0.05, 0) is 62.7 Å². The summed E-state index contributed by atoms with van der Waals surface area (Å²) in [6.45, 7) is 4.43. The SMILES string of the molecule is CC(C)n1ccc([C@H]2[C@@H](c3ccccn3)NC(=S)N2C2CCCC2)c1. The summed E-state index contributed by atoms with van der Waals surface area (Å²) < 4.78 is 2.28. The molecular weight excluding hydrogens is 328 g/mol. The molecule has 1 saturated carbocycles. The summed E-state index contributed by atoms with van der Waals surface area (Å²) in [6.07, 6.45) is 11.4. The third kappa shape index (κ3) is 3.06. The van der Waals surface area contributed by atoms with E-state index in [4.69, 9.17) is 12.2 Å². The Kier molecular flexibility index (Phi) is 4.50. The number of pyridine rings is 1. The lowest BCUT2D eigenvalue weighted by molar-refractivity contribution is 0.245. The minimum absolute atomic E-state index is 0.109. The molecule has 4 rings (SSSR count). The van der Waals surface area contributed by atoms with Crippen LogP contribution in [0.15, 0.2) is 42.9 Å². The fourth-order valence-corrected chi connectivity index (χ4v) is 4.61. The molecule has 0 spiro atoms. The lowest BCUT2D eigenvalue weighted by atomic mass is 9.97. The Bertz CT molecular complexity index is 733. The summed E-state index contributed by atoms with van der Waals surface area (Å²) in [6, 6.07) is 9.70. The van der Waals surface area contributed by atoms with E-state index in [2.05, 4.69) is 64.2 Å². The highest BCUT2D eigenvalue weighted by atomic mass is 32.1. The van der Waals surface area contributed by atoms with Gasteiger partial charge in [0.05, 0.1) is 17.8 Å². The molecule has 0 bridgehead atoms. The molecule has 1 aliphatic heterocycles. The van der Waals surface area contributed by atoms with Crippen molar-refractivity contribution in [2.75, 3.05) is 0 Å². The van der Waals surface area contributed by atoms with Gasteiger partial charge in [0.15, 0.2) is 5.11 Å². The predicted molar refractivity (Wildman–Crippen MR) is 104 cm³/mol. The van der Waals surface area contributed by atoms with Crippen LogP contribution in [0.5, 0.6) is 0 Å². The Hall–Kier alpha value is -1.88. The lowest BCUT2D eigenvalue weighted by Gasteiger charge is -2.32. The first kappa shape index (κ1) is 16.6. The van der Waals surface area contributed by atoms with E-state index in [1.54, 1.807) is 0 Å². The summed E-state index contributed by atoms with van der Waals surface area (Å²) in [5, 5.41) is 4.45. The van der Waals surface area contributed by atoms with Crippen molar-refractivity contribution >= 4 is 17.3 Å². The van der Waals surface area contributed by atoms with E-state index in [9.17, 15) is 0 Å². The zero-order valence-electron chi connectivity index (χ0n) is 14.9. The number of rotatable bonds is 4. The highest BCUT2D eigenvalue weighted by Crippen LogP contribution is 2.42. The molecular formula is C20H26N4S. The van der Waals surface area contributed by atoms with Crippen LogP contribution in [0, 0.1) is 0 Å². The molecule has 0 aromatic carbocycles. The number of thiocarbonyl (C=S) groups is 1. The molecule has 2 atom stereocenters. The zero-order valence-corrected chi connectivity index (χ0v) is 15.7. The maximum absolute atomic E-state index is 5.77. The Labute approximate surface area is 155 Å². The van der Waals surface area contributed by atoms with Gasteiger partial charge in [0.1, 0.15) is 0 Å². The van der Waals surface area contributed by atoms with Crippen LogP contribution >= 0.6 is 12.2 Å². The largest absolute Gasteiger partial charge is 0.352 e. The second-order valence-corrected chi connectivity index (χ2v) is 7.84. The monoisotopic (exact) mass is 354 g/mol. The summed E-state index contributed by atoms with van der Waals surface area (Å²) in [7, 11) is 0. The second-order valence-electron chi connectivity index (χ2n) is 7.46. The Balaban J connectivity index is 1.74. The predicted octanol–water partition coefficient (Wildman–Crippen LogP) is 4.38. The fraction of sp³-hybridized carbons (Fsp3) is 0.500. The third-order valence-electron chi connectivity index (χ3n) is 5.53. The third-order valence-corrected chi connectivity index (χ3v) is 5.86. The van der Waals surface area contributed by atoms with Crippen molar-refractivity contribution in [2.24, 2.45) is 0 Å². The average Bonchev–Trinajstić information content (AvgIpc) is 3.34. The molecule has 0 unspecified atom stereocenters. The molecule has 25 heavy (non-hydrogen) atoms. The van der Waals surface area contributed by atoms with Crippen LogP contribution in [0.2, 0.25) is 0 Å². The first-order chi connectivity index (χ1) is 12.1. The molecule has 1 aliphatic carbocycles. The van der Waals surface area contributed by atoms with Crippen LogP contribution in [-0.2, 0) is 0 Å². The van der Waals surface area contributed by atoms with Gasteiger partial charge < -0.3 is 14.8 Å². The van der Waals surface area contributed by atoms with Crippen molar-refractivity contribution < 1.29 is 0 Å². The first-order valence-electron chi connectivity index (χ1n) is 9.32. The van der Waals surface area contributed by atoms with Gasteiger partial charge in [0.25, 0.3) is 0 Å². The molecule has 0 amide bonds. The molecule has 1 N–H and O–H groups in total. The Morgan fingerprint density at radius 3 is 2.64 bits per heavy atom. The lowest BCUT2D eigenvalue weighted by Crippen LogP contribution is -2.37. The van der Waals surface area contributed by atoms with Crippen molar-refractivity contribution in [1.82, 2.24) is 19.8 Å². The normalized spacial score (nSPS) is 24.3. The van der Waals surface area contributed by atoms with Crippen LogP contribution < -0.4 is 5.32 Å². The maximum Gasteiger partial charge on any atom is 0.170 e. The molecule has 132 valence electrons. The molecule has 1 saturated heterocycles. The minimum Gasteiger partial charge on any atom is -0.352 e. The number of nitrogens with zero attached hydrogens (tertiary/aromatic N) is 3. The highest BCUT2D eigenvalue weighted by molar-refractivity contribution is 7.80. The van der Waals surface area contributed by atoms with Crippen LogP contribution in [0.4, 0.5) is 0 Å². The van der Waals surface area contributed by atoms with E-state index >= 15 is 0 Å². The molecule has 2 aromatic rings. The molecule has 2 aliphatic rings. The minimum atomic E-state index is 0.109. The zero-order chi connectivity index (χ0) is 17.4. The second kappa shape index (κ2) is 6.79. The first-order valence-corrected chi connectivity index (χ1v) is 9.73. The van der Waals surface area contributed by atoms with Gasteiger partial charge >= 0.3 is 0 Å². The van der Waals surface area contributed by atoms with E-state index in [-0.39, 0.29) is 12.1 Å². The number of nitrogens with one attached hydrogen (secondary N) is 1. The Morgan fingerprint density at radius 1 is 1.20 bits per heavy atom. The highest BCUT2D eigenvalue weighted by Gasteiger charge is 2.43. The van der Waals surface area contributed by atoms with Gasteiger partial charge in [0, 0.05) is 30.7 Å². The Morgan fingerprint density at radius 2 is 2.00 bits per heavy atom. The number of hydrogen-bond donors (Lipinski definition) is 1. The van der Waals surface area contributed by atoms with Crippen molar-refractivity contribution in [1.29, 1.82) is 0 Å². The van der Waals surface area contributed by atoms with E-state index in [1.165, 1.54) is 31.2 Å². The smallest absolute Gasteiger partial charge is 0.170 e. The van der Waals surface area contributed by atoms with Crippen LogP contribution in [0.25, 0.3) is 0 Å². The van der Waals surface area contributed by atoms with Gasteiger partial charge in [0.2, 0.25) is 0 Å². The van der Waals surface area contributed by atoms with Crippen molar-refractivity contribution in [3.63, 3.8) is 0 Å². The van der Waals surface area contributed by atoms with E-state index in [0.717, 1.165) is 10.8 Å². The van der Waals surface area contributed by atoms with Gasteiger partial charge in [-0.3, -0.25) is 4.98 Å². The molecule has 2 aromatic heterocycles. The maximum atomic E-state index is 5.77. The van der Waals surface area contributed by atoms with Crippen LogP contribution in [-0.4, -0.2) is 25.6 Å². The topological polar surface area (TPSA) is 33.1 Å². The molecule has 4 nitrogen and oxygen atoms in total. The summed E-state index contributed by atoms with van der Waals surface area (Å²) in [5.74, 6) is 0. The van der Waals surface area contributed by atoms with Crippen LogP contribution in [0.3, 0.4) is 0 Å². The van der Waals surface area contributed by atoms with Crippen molar-refractivity contribution in [3.8, 4) is 0 Å². The standard InChI is InChI=1S/C20H26N4S/c1-14(2)23-12-10-15(13-23)19-18(17-9-5-6-11-21-17)22-20(25)24(19)16-7-3-4-8-16/h5-6,9-14,16,18-19H,3-4,7-8H2,1-2H3,(H,22,25)/t18-,19+/m1/s1. The van der Waals surface area contributed by atoms with Gasteiger partial charge in [-0.1, -0.05) is 18.9 Å². The number of aromatic nitrogens is 2. The average molecular weight is 355 g/mol. The molecule has 0 radical (unpaired) electrons. The van der Waals surface area contributed by atoms with E-state index in [0.29, 0.717) is 12.1 Å². The molecule has 3 heterocycles. The van der Waals surface area contributed by atoms with Gasteiger partial charge in [-0.25, -0.2) is 0 Å². The summed E-state index contributed by atoms with van der Waals surface area (Å²) in [4.78, 5) is 7.08. The van der Waals surface area contributed by atoms with Crippen LogP contribution in [0.1, 0.15) is 68.9 Å². The van der Waals surface area contributed by atoms with Crippen molar-refractivity contribution in [2.45, 2.75) is 63.7 Å². The van der Waals surface area contributed by atoms with Gasteiger partial charge in [-0.2, -0.15) is 0 Å². The number of hydrogen-bond acceptors (Lipinski definition) is 2. The quantitative estimate of drug-likeness (QED) is 0.826. The fourth-order valence-electron chi connectivity index (χ4n) is 4.22. The van der Waals surface area contributed by atoms with E-state index in [1.807, 2.05) is 12.3 Å². The molecule has 5 heteroatoms. The summed E-state index contributed by atoms with van der Waals surface area (Å²) in [5.41, 5.74) is 2.39. The van der Waals surface area contributed by atoms with Gasteiger partial charge in [-0.15, -0.1) is 0 Å².